The molecule has 0 aromatic rings. The molecule has 2 nitrogen and oxygen atoms in total. The van der Waals surface area contributed by atoms with E-state index in [4.69, 9.17) is 8.74 Å². The third-order valence-corrected chi connectivity index (χ3v) is 11.6. The maximum absolute atomic E-state index is 6.44. The Kier molecular flexibility index (Phi) is 7.35. The molecule has 0 saturated heterocycles. The van der Waals surface area contributed by atoms with E-state index in [1.165, 1.54) is 0 Å². The lowest BCUT2D eigenvalue weighted by atomic mass is 10.5. The second kappa shape index (κ2) is 7.10. The second-order valence-corrected chi connectivity index (χ2v) is 12.3. The van der Waals surface area contributed by atoms with Gasteiger partial charge >= 0.3 is 0 Å². The summed E-state index contributed by atoms with van der Waals surface area (Å²) in [4.78, 5) is 0. The molecule has 1 unspecified atom stereocenters. The summed E-state index contributed by atoms with van der Waals surface area (Å²) >= 11 is 0. The second-order valence-electron chi connectivity index (χ2n) is 5.27. The quantitative estimate of drug-likeness (QED) is 0.467. The molecule has 16 heavy (non-hydrogen) atoms. The van der Waals surface area contributed by atoms with Crippen molar-refractivity contribution in [3.63, 3.8) is 0 Å². The highest BCUT2D eigenvalue weighted by molar-refractivity contribution is 7.48. The summed E-state index contributed by atoms with van der Waals surface area (Å²) in [6.07, 6.45) is 0. The standard InChI is InChI=1S/C12H29O2PSi/c1-9-13-15(8)14-16(10(2)3,11(4)5)12(6)7/h10-12H,9H2,1-8H3. The van der Waals surface area contributed by atoms with Gasteiger partial charge in [-0.2, -0.15) is 0 Å². The smallest absolute Gasteiger partial charge is 0.208 e. The Balaban J connectivity index is 4.90. The number of hydrogen-bond donors (Lipinski definition) is 0. The molecular formula is C12H29O2PSi. The van der Waals surface area contributed by atoms with E-state index in [1.807, 2.05) is 6.92 Å². The Bertz CT molecular complexity index is 174. The van der Waals surface area contributed by atoms with E-state index in [-0.39, 0.29) is 0 Å². The summed E-state index contributed by atoms with van der Waals surface area (Å²) in [5.41, 5.74) is 1.91. The van der Waals surface area contributed by atoms with Crippen LogP contribution in [-0.2, 0) is 8.74 Å². The molecule has 0 amide bonds. The van der Waals surface area contributed by atoms with Gasteiger partial charge in [-0.3, -0.25) is 0 Å². The average Bonchev–Trinajstić information content (AvgIpc) is 2.12. The van der Waals surface area contributed by atoms with Crippen molar-refractivity contribution in [2.75, 3.05) is 13.3 Å². The zero-order valence-electron chi connectivity index (χ0n) is 12.2. The maximum atomic E-state index is 6.44. The molecule has 0 aliphatic carbocycles. The van der Waals surface area contributed by atoms with Crippen molar-refractivity contribution in [2.24, 2.45) is 0 Å². The minimum atomic E-state index is -1.72. The van der Waals surface area contributed by atoms with E-state index in [1.54, 1.807) is 0 Å². The van der Waals surface area contributed by atoms with Crippen LogP contribution in [0.5, 0.6) is 0 Å². The minimum Gasteiger partial charge on any atom is -0.374 e. The van der Waals surface area contributed by atoms with Crippen molar-refractivity contribution in [3.8, 4) is 0 Å². The van der Waals surface area contributed by atoms with Crippen molar-refractivity contribution < 1.29 is 8.74 Å². The van der Waals surface area contributed by atoms with Gasteiger partial charge < -0.3 is 8.74 Å². The zero-order valence-corrected chi connectivity index (χ0v) is 14.1. The first-order valence-corrected chi connectivity index (χ1v) is 10.1. The molecule has 0 N–H and O–H groups in total. The van der Waals surface area contributed by atoms with Gasteiger partial charge in [-0.05, 0) is 23.5 Å². The van der Waals surface area contributed by atoms with E-state index in [2.05, 4.69) is 48.2 Å². The summed E-state index contributed by atoms with van der Waals surface area (Å²) < 4.78 is 12.1. The Morgan fingerprint density at radius 1 is 0.938 bits per heavy atom. The minimum absolute atomic E-state index is 0.637. The van der Waals surface area contributed by atoms with Gasteiger partial charge in [-0.1, -0.05) is 41.5 Å². The van der Waals surface area contributed by atoms with Crippen LogP contribution in [0.1, 0.15) is 48.5 Å². The van der Waals surface area contributed by atoms with Gasteiger partial charge in [0.25, 0.3) is 0 Å². The van der Waals surface area contributed by atoms with Crippen LogP contribution < -0.4 is 0 Å². The predicted molar refractivity (Wildman–Crippen MR) is 76.6 cm³/mol. The molecule has 0 rings (SSSR count). The molecule has 4 heteroatoms. The fraction of sp³-hybridized carbons (Fsp3) is 1.00. The highest BCUT2D eigenvalue weighted by atomic mass is 31.2. The highest BCUT2D eigenvalue weighted by Gasteiger charge is 2.46. The van der Waals surface area contributed by atoms with E-state index >= 15 is 0 Å². The molecule has 0 aromatic carbocycles. The van der Waals surface area contributed by atoms with Gasteiger partial charge in [-0.15, -0.1) is 0 Å². The lowest BCUT2D eigenvalue weighted by Crippen LogP contribution is -2.46. The summed E-state index contributed by atoms with van der Waals surface area (Å²) in [6.45, 7) is 18.7. The van der Waals surface area contributed by atoms with Gasteiger partial charge in [-0.25, -0.2) is 0 Å². The highest BCUT2D eigenvalue weighted by Crippen LogP contribution is 2.50. The summed E-state index contributed by atoms with van der Waals surface area (Å²) in [5, 5.41) is 0. The molecule has 0 fully saturated rings. The van der Waals surface area contributed by atoms with E-state index in [0.29, 0.717) is 16.6 Å². The summed E-state index contributed by atoms with van der Waals surface area (Å²) in [6, 6.07) is 0. The first kappa shape index (κ1) is 16.6. The van der Waals surface area contributed by atoms with Crippen LogP contribution in [0.3, 0.4) is 0 Å². The molecular weight excluding hydrogens is 235 g/mol. The van der Waals surface area contributed by atoms with Crippen molar-refractivity contribution >= 4 is 16.7 Å². The number of hydrogen-bond acceptors (Lipinski definition) is 2. The van der Waals surface area contributed by atoms with Crippen LogP contribution in [0, 0.1) is 0 Å². The number of rotatable bonds is 7. The lowest BCUT2D eigenvalue weighted by Gasteiger charge is -2.43. The Labute approximate surface area is 104 Å². The van der Waals surface area contributed by atoms with Crippen LogP contribution in [0.25, 0.3) is 0 Å². The molecule has 0 spiro atoms. The van der Waals surface area contributed by atoms with E-state index < -0.39 is 16.7 Å². The topological polar surface area (TPSA) is 18.5 Å². The molecule has 0 saturated carbocycles. The van der Waals surface area contributed by atoms with Crippen molar-refractivity contribution in [1.82, 2.24) is 0 Å². The first-order valence-electron chi connectivity index (χ1n) is 6.34. The van der Waals surface area contributed by atoms with Gasteiger partial charge in [0.15, 0.2) is 8.38 Å². The zero-order chi connectivity index (χ0) is 12.9. The van der Waals surface area contributed by atoms with Gasteiger partial charge in [0.2, 0.25) is 8.32 Å². The van der Waals surface area contributed by atoms with Crippen molar-refractivity contribution in [3.05, 3.63) is 0 Å². The molecule has 0 aliphatic rings. The van der Waals surface area contributed by atoms with Gasteiger partial charge in [0.1, 0.15) is 0 Å². The third-order valence-electron chi connectivity index (χ3n) is 3.30. The average molecular weight is 264 g/mol. The summed E-state index contributed by atoms with van der Waals surface area (Å²) in [5.74, 6) is 0. The van der Waals surface area contributed by atoms with Crippen LogP contribution in [0.2, 0.25) is 16.6 Å². The Morgan fingerprint density at radius 2 is 1.31 bits per heavy atom. The van der Waals surface area contributed by atoms with Crippen molar-refractivity contribution in [2.45, 2.75) is 65.1 Å². The predicted octanol–water partition coefficient (Wildman–Crippen LogP) is 5.16. The molecule has 0 radical (unpaired) electrons. The lowest BCUT2D eigenvalue weighted by molar-refractivity contribution is 0.328. The van der Waals surface area contributed by atoms with E-state index in [0.717, 1.165) is 6.61 Å². The fourth-order valence-corrected chi connectivity index (χ4v) is 11.6. The Hall–Kier alpha value is 0.567. The Morgan fingerprint density at radius 3 is 1.56 bits per heavy atom. The molecule has 1 atom stereocenters. The molecule has 0 aliphatic heterocycles. The third kappa shape index (κ3) is 3.80. The monoisotopic (exact) mass is 264 g/mol. The van der Waals surface area contributed by atoms with Crippen molar-refractivity contribution in [1.29, 1.82) is 0 Å². The van der Waals surface area contributed by atoms with Crippen LogP contribution >= 0.6 is 8.38 Å². The molecule has 98 valence electrons. The summed E-state index contributed by atoms with van der Waals surface area (Å²) in [7, 11) is -2.43. The molecule has 0 aromatic heterocycles. The van der Waals surface area contributed by atoms with Crippen LogP contribution in [-0.4, -0.2) is 21.6 Å². The normalized spacial score (nSPS) is 15.2. The van der Waals surface area contributed by atoms with Gasteiger partial charge in [0, 0.05) is 6.66 Å². The van der Waals surface area contributed by atoms with Crippen LogP contribution in [0.4, 0.5) is 0 Å². The fourth-order valence-electron chi connectivity index (χ4n) is 2.75. The van der Waals surface area contributed by atoms with Gasteiger partial charge in [0.05, 0.1) is 6.61 Å². The maximum Gasteiger partial charge on any atom is 0.208 e. The largest absolute Gasteiger partial charge is 0.374 e. The van der Waals surface area contributed by atoms with E-state index in [9.17, 15) is 0 Å². The first-order chi connectivity index (χ1) is 7.28. The molecule has 0 heterocycles. The SMILES string of the molecule is CCOP(C)O[Si](C(C)C)(C(C)C)C(C)C. The molecule has 0 bridgehead atoms. The van der Waals surface area contributed by atoms with Crippen LogP contribution in [0.15, 0.2) is 0 Å².